The highest BCUT2D eigenvalue weighted by molar-refractivity contribution is 6.33. The Morgan fingerprint density at radius 2 is 1.93 bits per heavy atom. The van der Waals surface area contributed by atoms with E-state index in [1.165, 1.54) is 7.11 Å². The molecule has 0 unspecified atom stereocenters. The molecule has 0 fully saturated rings. The molecule has 6 heteroatoms. The van der Waals surface area contributed by atoms with Crippen molar-refractivity contribution in [2.75, 3.05) is 7.11 Å². The van der Waals surface area contributed by atoms with Crippen LogP contribution in [-0.4, -0.2) is 22.8 Å². The van der Waals surface area contributed by atoms with Gasteiger partial charge in [-0.3, -0.25) is 9.59 Å². The standard InChI is InChI=1S/C22H22ClNO4/c1-4-6-13(5-2)14-7-8-15-18(11-14)24(12-19(25)26)20-16(21(15)27)9-10-17(23)22(20)28-3/h6-11H,4-5,12H2,1-3H3,(H,25,26)/b13-6+. The molecule has 0 radical (unpaired) electrons. The average molecular weight is 400 g/mol. The first kappa shape index (κ1) is 20.0. The number of rotatable bonds is 6. The fourth-order valence-corrected chi connectivity index (χ4v) is 3.85. The lowest BCUT2D eigenvalue weighted by Gasteiger charge is -2.18. The van der Waals surface area contributed by atoms with Crippen LogP contribution in [0.25, 0.3) is 27.4 Å². The molecular formula is C22H22ClNO4. The third-order valence-electron chi connectivity index (χ3n) is 4.83. The molecule has 0 saturated heterocycles. The van der Waals surface area contributed by atoms with Gasteiger partial charge in [0.25, 0.3) is 0 Å². The fourth-order valence-electron chi connectivity index (χ4n) is 3.62. The molecule has 3 aromatic rings. The number of carbonyl (C=O) groups is 1. The van der Waals surface area contributed by atoms with Crippen molar-refractivity contribution in [3.8, 4) is 5.75 Å². The summed E-state index contributed by atoms with van der Waals surface area (Å²) in [5.74, 6) is -0.719. The number of halogens is 1. The van der Waals surface area contributed by atoms with E-state index in [9.17, 15) is 14.7 Å². The molecule has 0 aliphatic heterocycles. The number of hydrogen-bond acceptors (Lipinski definition) is 3. The zero-order valence-corrected chi connectivity index (χ0v) is 16.8. The quantitative estimate of drug-likeness (QED) is 0.585. The minimum atomic E-state index is -1.02. The van der Waals surface area contributed by atoms with E-state index in [-0.39, 0.29) is 12.0 Å². The van der Waals surface area contributed by atoms with Crippen LogP contribution in [0.15, 0.2) is 41.2 Å². The van der Waals surface area contributed by atoms with E-state index in [0.29, 0.717) is 32.6 Å². The van der Waals surface area contributed by atoms with Gasteiger partial charge in [-0.15, -0.1) is 0 Å². The van der Waals surface area contributed by atoms with Crippen LogP contribution in [0, 0.1) is 0 Å². The normalized spacial score (nSPS) is 11.9. The molecule has 28 heavy (non-hydrogen) atoms. The highest BCUT2D eigenvalue weighted by Crippen LogP contribution is 2.34. The summed E-state index contributed by atoms with van der Waals surface area (Å²) in [6, 6.07) is 8.77. The molecule has 0 aliphatic carbocycles. The van der Waals surface area contributed by atoms with Gasteiger partial charge in [0.1, 0.15) is 6.54 Å². The van der Waals surface area contributed by atoms with Crippen molar-refractivity contribution in [2.24, 2.45) is 0 Å². The number of fused-ring (bicyclic) bond motifs is 2. The van der Waals surface area contributed by atoms with Crippen LogP contribution in [0.3, 0.4) is 0 Å². The second kappa shape index (κ2) is 8.07. The minimum Gasteiger partial charge on any atom is -0.493 e. The molecule has 1 heterocycles. The number of allylic oxidation sites excluding steroid dienone is 2. The first-order valence-corrected chi connectivity index (χ1v) is 9.54. The first-order valence-electron chi connectivity index (χ1n) is 9.16. The zero-order valence-electron chi connectivity index (χ0n) is 16.1. The Kier molecular flexibility index (Phi) is 5.75. The topological polar surface area (TPSA) is 68.5 Å². The molecule has 2 aromatic carbocycles. The van der Waals surface area contributed by atoms with E-state index in [4.69, 9.17) is 16.3 Å². The van der Waals surface area contributed by atoms with Gasteiger partial charge in [0, 0.05) is 5.39 Å². The van der Waals surface area contributed by atoms with Gasteiger partial charge in [0.15, 0.2) is 11.2 Å². The molecule has 0 atom stereocenters. The fraction of sp³-hybridized carbons (Fsp3) is 0.273. The predicted molar refractivity (Wildman–Crippen MR) is 113 cm³/mol. The third kappa shape index (κ3) is 3.38. The van der Waals surface area contributed by atoms with Crippen molar-refractivity contribution in [1.29, 1.82) is 0 Å². The van der Waals surface area contributed by atoms with E-state index in [2.05, 4.69) is 19.9 Å². The lowest BCUT2D eigenvalue weighted by molar-refractivity contribution is -0.137. The maximum atomic E-state index is 13.1. The van der Waals surface area contributed by atoms with Crippen molar-refractivity contribution in [2.45, 2.75) is 33.2 Å². The lowest BCUT2D eigenvalue weighted by Crippen LogP contribution is -2.17. The number of ether oxygens (including phenoxy) is 1. The second-order valence-corrected chi connectivity index (χ2v) is 6.92. The Bertz CT molecular complexity index is 1160. The van der Waals surface area contributed by atoms with Gasteiger partial charge in [-0.2, -0.15) is 0 Å². The highest BCUT2D eigenvalue weighted by atomic mass is 35.5. The van der Waals surface area contributed by atoms with Gasteiger partial charge in [-0.25, -0.2) is 0 Å². The minimum absolute atomic E-state index is 0.175. The smallest absolute Gasteiger partial charge is 0.323 e. The third-order valence-corrected chi connectivity index (χ3v) is 5.13. The summed E-state index contributed by atoms with van der Waals surface area (Å²) in [4.78, 5) is 24.7. The van der Waals surface area contributed by atoms with E-state index in [1.54, 1.807) is 22.8 Å². The SMILES string of the molecule is CC/C=C(\CC)c1ccc2c(=O)c3ccc(Cl)c(OC)c3n(CC(=O)O)c2c1. The van der Waals surface area contributed by atoms with Crippen LogP contribution >= 0.6 is 11.6 Å². The number of aromatic nitrogens is 1. The van der Waals surface area contributed by atoms with Gasteiger partial charge in [-0.05, 0) is 48.2 Å². The number of carboxylic acid groups (broad SMARTS) is 1. The van der Waals surface area contributed by atoms with Gasteiger partial charge >= 0.3 is 5.97 Å². The molecule has 5 nitrogen and oxygen atoms in total. The van der Waals surface area contributed by atoms with Crippen LogP contribution in [0.4, 0.5) is 0 Å². The average Bonchev–Trinajstić information content (AvgIpc) is 2.68. The summed E-state index contributed by atoms with van der Waals surface area (Å²) in [6.45, 7) is 3.82. The highest BCUT2D eigenvalue weighted by Gasteiger charge is 2.19. The van der Waals surface area contributed by atoms with E-state index in [1.807, 2.05) is 12.1 Å². The molecule has 0 amide bonds. The number of pyridine rings is 1. The summed E-state index contributed by atoms with van der Waals surface area (Å²) in [5, 5.41) is 10.7. The number of aliphatic carboxylic acids is 1. The Morgan fingerprint density at radius 1 is 1.21 bits per heavy atom. The lowest BCUT2D eigenvalue weighted by atomic mass is 9.99. The number of carboxylic acids is 1. The first-order chi connectivity index (χ1) is 13.4. The molecule has 0 saturated carbocycles. The molecule has 3 rings (SSSR count). The van der Waals surface area contributed by atoms with Crippen molar-refractivity contribution in [3.05, 3.63) is 57.2 Å². The van der Waals surface area contributed by atoms with E-state index in [0.717, 1.165) is 24.0 Å². The van der Waals surface area contributed by atoms with Crippen LogP contribution < -0.4 is 10.2 Å². The van der Waals surface area contributed by atoms with Gasteiger partial charge in [0.05, 0.1) is 28.6 Å². The number of benzene rings is 2. The van der Waals surface area contributed by atoms with Crippen molar-refractivity contribution in [3.63, 3.8) is 0 Å². The Labute approximate surface area is 167 Å². The maximum absolute atomic E-state index is 13.1. The second-order valence-electron chi connectivity index (χ2n) is 6.51. The van der Waals surface area contributed by atoms with Crippen molar-refractivity contribution in [1.82, 2.24) is 4.57 Å². The largest absolute Gasteiger partial charge is 0.493 e. The van der Waals surface area contributed by atoms with Crippen LogP contribution in [0.1, 0.15) is 32.3 Å². The van der Waals surface area contributed by atoms with Crippen LogP contribution in [0.5, 0.6) is 5.75 Å². The molecule has 1 N–H and O–H groups in total. The monoisotopic (exact) mass is 399 g/mol. The molecule has 0 spiro atoms. The van der Waals surface area contributed by atoms with E-state index < -0.39 is 5.97 Å². The number of nitrogens with zero attached hydrogens (tertiary/aromatic N) is 1. The van der Waals surface area contributed by atoms with Gasteiger partial charge in [0.2, 0.25) is 0 Å². The Balaban J connectivity index is 2.52. The Hall–Kier alpha value is -2.79. The zero-order chi connectivity index (χ0) is 20.4. The Morgan fingerprint density at radius 3 is 2.54 bits per heavy atom. The summed E-state index contributed by atoms with van der Waals surface area (Å²) in [6.07, 6.45) is 3.87. The summed E-state index contributed by atoms with van der Waals surface area (Å²) >= 11 is 6.26. The van der Waals surface area contributed by atoms with Crippen molar-refractivity contribution < 1.29 is 14.6 Å². The summed E-state index contributed by atoms with van der Waals surface area (Å²) in [5.41, 5.74) is 2.89. The van der Waals surface area contributed by atoms with Gasteiger partial charge in [-0.1, -0.05) is 37.6 Å². The molecule has 1 aromatic heterocycles. The molecule has 146 valence electrons. The number of methoxy groups -OCH3 is 1. The maximum Gasteiger partial charge on any atom is 0.323 e. The van der Waals surface area contributed by atoms with Crippen LogP contribution in [0.2, 0.25) is 5.02 Å². The molecular weight excluding hydrogens is 378 g/mol. The molecule has 0 aliphatic rings. The summed E-state index contributed by atoms with van der Waals surface area (Å²) in [7, 11) is 1.45. The van der Waals surface area contributed by atoms with Crippen molar-refractivity contribution >= 4 is 44.9 Å². The van der Waals surface area contributed by atoms with E-state index >= 15 is 0 Å². The van der Waals surface area contributed by atoms with Crippen LogP contribution in [-0.2, 0) is 11.3 Å². The predicted octanol–water partition coefficient (Wildman–Crippen LogP) is 5.10. The summed E-state index contributed by atoms with van der Waals surface area (Å²) < 4.78 is 7.02. The van der Waals surface area contributed by atoms with Gasteiger partial charge < -0.3 is 14.4 Å². The molecule has 0 bridgehead atoms. The number of hydrogen-bond donors (Lipinski definition) is 1.